The number of rotatable bonds is 3. The zero-order valence-electron chi connectivity index (χ0n) is 12.2. The number of likely N-dealkylation sites (tertiary alicyclic amines) is 1. The lowest BCUT2D eigenvalue weighted by Crippen LogP contribution is -2.38. The second-order valence-corrected chi connectivity index (χ2v) is 8.34. The highest BCUT2D eigenvalue weighted by atomic mass is 32.2. The Morgan fingerprint density at radius 1 is 1.45 bits per heavy atom. The number of aromatic amines is 1. The summed E-state index contributed by atoms with van der Waals surface area (Å²) < 4.78 is 23.8. The summed E-state index contributed by atoms with van der Waals surface area (Å²) in [4.78, 5) is 15.3. The van der Waals surface area contributed by atoms with Crippen LogP contribution in [0.25, 0.3) is 0 Å². The van der Waals surface area contributed by atoms with Crippen LogP contribution in [0.1, 0.15) is 40.7 Å². The minimum Gasteiger partial charge on any atom is -0.329 e. The number of hydrogen-bond donors (Lipinski definition) is 1. The van der Waals surface area contributed by atoms with Crippen molar-refractivity contribution < 1.29 is 13.2 Å². The Morgan fingerprint density at radius 2 is 2.27 bits per heavy atom. The molecule has 0 spiro atoms. The SMILES string of the molecule is CS(=O)(=O)c1cn[nH]c1[C@@H]1CCCCN1C(=O)c1cccs1. The van der Waals surface area contributed by atoms with Crippen molar-refractivity contribution in [1.29, 1.82) is 0 Å². The van der Waals surface area contributed by atoms with Crippen molar-refractivity contribution in [3.63, 3.8) is 0 Å². The van der Waals surface area contributed by atoms with Gasteiger partial charge in [-0.2, -0.15) is 5.10 Å². The highest BCUT2D eigenvalue weighted by molar-refractivity contribution is 7.90. The van der Waals surface area contributed by atoms with Crippen LogP contribution in [-0.4, -0.2) is 42.2 Å². The average Bonchev–Trinajstić information content (AvgIpc) is 3.17. The topological polar surface area (TPSA) is 83.1 Å². The van der Waals surface area contributed by atoms with Crippen molar-refractivity contribution in [3.05, 3.63) is 34.3 Å². The van der Waals surface area contributed by atoms with Gasteiger partial charge in [0.25, 0.3) is 5.91 Å². The fraction of sp³-hybridized carbons (Fsp3) is 0.429. The summed E-state index contributed by atoms with van der Waals surface area (Å²) >= 11 is 1.40. The number of H-pyrrole nitrogens is 1. The van der Waals surface area contributed by atoms with Gasteiger partial charge in [-0.05, 0) is 30.7 Å². The van der Waals surface area contributed by atoms with Crippen LogP contribution in [0, 0.1) is 0 Å². The lowest BCUT2D eigenvalue weighted by atomic mass is 9.99. The molecule has 8 heteroatoms. The van der Waals surface area contributed by atoms with Crippen molar-refractivity contribution in [2.24, 2.45) is 0 Å². The van der Waals surface area contributed by atoms with Crippen LogP contribution >= 0.6 is 11.3 Å². The summed E-state index contributed by atoms with van der Waals surface area (Å²) in [6.45, 7) is 0.629. The normalized spacial score (nSPS) is 19.3. The Labute approximate surface area is 133 Å². The van der Waals surface area contributed by atoms with E-state index in [0.717, 1.165) is 25.5 Å². The van der Waals surface area contributed by atoms with Gasteiger partial charge >= 0.3 is 0 Å². The van der Waals surface area contributed by atoms with Crippen molar-refractivity contribution >= 4 is 27.1 Å². The van der Waals surface area contributed by atoms with E-state index in [9.17, 15) is 13.2 Å². The molecule has 1 aliphatic heterocycles. The monoisotopic (exact) mass is 339 g/mol. The van der Waals surface area contributed by atoms with Crippen LogP contribution < -0.4 is 0 Å². The molecule has 3 rings (SSSR count). The quantitative estimate of drug-likeness (QED) is 0.929. The molecule has 118 valence electrons. The van der Waals surface area contributed by atoms with Crippen LogP contribution in [0.3, 0.4) is 0 Å². The second kappa shape index (κ2) is 5.85. The van der Waals surface area contributed by atoms with E-state index in [1.165, 1.54) is 17.5 Å². The first-order valence-electron chi connectivity index (χ1n) is 7.06. The molecule has 1 fully saturated rings. The van der Waals surface area contributed by atoms with E-state index in [1.807, 2.05) is 11.4 Å². The van der Waals surface area contributed by atoms with E-state index in [-0.39, 0.29) is 16.8 Å². The van der Waals surface area contributed by atoms with Gasteiger partial charge in [-0.15, -0.1) is 11.3 Å². The fourth-order valence-corrected chi connectivity index (χ4v) is 4.34. The number of sulfone groups is 1. The van der Waals surface area contributed by atoms with E-state index in [4.69, 9.17) is 0 Å². The predicted molar refractivity (Wildman–Crippen MR) is 83.6 cm³/mol. The number of carbonyl (C=O) groups is 1. The molecule has 0 bridgehead atoms. The molecule has 1 atom stereocenters. The third kappa shape index (κ3) is 2.80. The lowest BCUT2D eigenvalue weighted by Gasteiger charge is -2.35. The molecule has 2 aromatic heterocycles. The van der Waals surface area contributed by atoms with E-state index in [1.54, 1.807) is 11.0 Å². The van der Waals surface area contributed by atoms with Gasteiger partial charge < -0.3 is 4.90 Å². The first-order valence-corrected chi connectivity index (χ1v) is 9.83. The Hall–Kier alpha value is -1.67. The number of carbonyl (C=O) groups excluding carboxylic acids is 1. The summed E-state index contributed by atoms with van der Waals surface area (Å²) in [5.41, 5.74) is 0.520. The van der Waals surface area contributed by atoms with Crippen LogP contribution in [0.5, 0.6) is 0 Å². The smallest absolute Gasteiger partial charge is 0.264 e. The molecule has 0 aliphatic carbocycles. The molecule has 22 heavy (non-hydrogen) atoms. The number of aromatic nitrogens is 2. The van der Waals surface area contributed by atoms with Gasteiger partial charge in [0, 0.05) is 12.8 Å². The van der Waals surface area contributed by atoms with Crippen LogP contribution in [-0.2, 0) is 9.84 Å². The summed E-state index contributed by atoms with van der Waals surface area (Å²) in [5.74, 6) is -0.0475. The molecule has 3 heterocycles. The molecule has 1 N–H and O–H groups in total. The number of amides is 1. The standard InChI is InChI=1S/C14H17N3O3S2/c1-22(19,20)12-9-15-16-13(12)10-5-2-3-7-17(10)14(18)11-6-4-8-21-11/h4,6,8-10H,2-3,5,7H2,1H3,(H,15,16)/t10-/m0/s1. The van der Waals surface area contributed by atoms with Crippen molar-refractivity contribution in [2.75, 3.05) is 12.8 Å². The van der Waals surface area contributed by atoms with Crippen LogP contribution in [0.2, 0.25) is 0 Å². The molecule has 1 amide bonds. The molecule has 2 aromatic rings. The average molecular weight is 339 g/mol. The van der Waals surface area contributed by atoms with Crippen molar-refractivity contribution in [1.82, 2.24) is 15.1 Å². The number of hydrogen-bond acceptors (Lipinski definition) is 5. The van der Waals surface area contributed by atoms with E-state index < -0.39 is 9.84 Å². The maximum atomic E-state index is 12.7. The minimum absolute atomic E-state index is 0.0475. The summed E-state index contributed by atoms with van der Waals surface area (Å²) in [5, 5.41) is 8.54. The molecule has 1 saturated heterocycles. The molecular formula is C14H17N3O3S2. The Bertz CT molecular complexity index is 765. The highest BCUT2D eigenvalue weighted by Crippen LogP contribution is 2.34. The molecule has 6 nitrogen and oxygen atoms in total. The molecule has 0 unspecified atom stereocenters. The fourth-order valence-electron chi connectivity index (χ4n) is 2.84. The van der Waals surface area contributed by atoms with E-state index >= 15 is 0 Å². The second-order valence-electron chi connectivity index (χ2n) is 5.41. The Kier molecular flexibility index (Phi) is 4.05. The number of thiophene rings is 1. The maximum Gasteiger partial charge on any atom is 0.264 e. The highest BCUT2D eigenvalue weighted by Gasteiger charge is 2.33. The third-order valence-corrected chi connectivity index (χ3v) is 5.84. The van der Waals surface area contributed by atoms with Crippen molar-refractivity contribution in [3.8, 4) is 0 Å². The molecule has 0 aromatic carbocycles. The first kappa shape index (κ1) is 15.2. The molecular weight excluding hydrogens is 322 g/mol. The zero-order chi connectivity index (χ0) is 15.7. The predicted octanol–water partition coefficient (Wildman–Crippen LogP) is 2.24. The van der Waals surface area contributed by atoms with E-state index in [2.05, 4.69) is 10.2 Å². The van der Waals surface area contributed by atoms with Gasteiger partial charge in [0.2, 0.25) is 0 Å². The number of nitrogens with one attached hydrogen (secondary N) is 1. The maximum absolute atomic E-state index is 12.7. The Morgan fingerprint density at radius 3 is 2.95 bits per heavy atom. The third-order valence-electron chi connectivity index (χ3n) is 3.86. The summed E-state index contributed by atoms with van der Waals surface area (Å²) in [6.07, 6.45) is 5.11. The summed E-state index contributed by atoms with van der Waals surface area (Å²) in [7, 11) is -3.37. The first-order chi connectivity index (χ1) is 10.5. The minimum atomic E-state index is -3.37. The molecule has 0 radical (unpaired) electrons. The van der Waals surface area contributed by atoms with Crippen molar-refractivity contribution in [2.45, 2.75) is 30.2 Å². The number of nitrogens with zero attached hydrogens (tertiary/aromatic N) is 2. The largest absolute Gasteiger partial charge is 0.329 e. The van der Waals surface area contributed by atoms with Gasteiger partial charge in [0.1, 0.15) is 4.90 Å². The van der Waals surface area contributed by atoms with Gasteiger partial charge in [0.05, 0.1) is 22.8 Å². The van der Waals surface area contributed by atoms with Crippen LogP contribution in [0.4, 0.5) is 0 Å². The van der Waals surface area contributed by atoms with Gasteiger partial charge in [-0.3, -0.25) is 9.89 Å². The van der Waals surface area contributed by atoms with Crippen LogP contribution in [0.15, 0.2) is 28.6 Å². The van der Waals surface area contributed by atoms with Gasteiger partial charge in [0.15, 0.2) is 9.84 Å². The zero-order valence-corrected chi connectivity index (χ0v) is 13.8. The van der Waals surface area contributed by atoms with Gasteiger partial charge in [-0.25, -0.2) is 8.42 Å². The number of piperidine rings is 1. The Balaban J connectivity index is 1.97. The lowest BCUT2D eigenvalue weighted by molar-refractivity contribution is 0.0607. The summed E-state index contributed by atoms with van der Waals surface area (Å²) in [6, 6.07) is 3.37. The van der Waals surface area contributed by atoms with Gasteiger partial charge in [-0.1, -0.05) is 6.07 Å². The molecule has 1 aliphatic rings. The van der Waals surface area contributed by atoms with E-state index in [0.29, 0.717) is 17.1 Å². The molecule has 0 saturated carbocycles.